The zero-order valence-electron chi connectivity index (χ0n) is 11.6. The van der Waals surface area contributed by atoms with Gasteiger partial charge in [0.1, 0.15) is 5.82 Å². The highest BCUT2D eigenvalue weighted by Crippen LogP contribution is 2.42. The van der Waals surface area contributed by atoms with E-state index in [1.54, 1.807) is 19.9 Å². The normalized spacial score (nSPS) is 19.5. The van der Waals surface area contributed by atoms with E-state index in [0.717, 1.165) is 17.8 Å². The lowest BCUT2D eigenvalue weighted by molar-refractivity contribution is 0.0640. The van der Waals surface area contributed by atoms with Crippen molar-refractivity contribution in [1.82, 2.24) is 0 Å². The lowest BCUT2D eigenvalue weighted by atomic mass is 9.89. The molecule has 18 heavy (non-hydrogen) atoms. The van der Waals surface area contributed by atoms with Crippen molar-refractivity contribution in [3.05, 3.63) is 29.6 Å². The van der Waals surface area contributed by atoms with Gasteiger partial charge in [0, 0.05) is 29.8 Å². The van der Waals surface area contributed by atoms with Gasteiger partial charge in [-0.3, -0.25) is 0 Å². The van der Waals surface area contributed by atoms with Crippen molar-refractivity contribution in [2.45, 2.75) is 51.7 Å². The van der Waals surface area contributed by atoms with E-state index >= 15 is 0 Å². The molecule has 0 aliphatic carbocycles. The topological polar surface area (TPSA) is 23.5 Å². The van der Waals surface area contributed by atoms with Gasteiger partial charge < -0.3 is 10.0 Å². The van der Waals surface area contributed by atoms with E-state index in [1.807, 2.05) is 6.07 Å². The molecule has 1 unspecified atom stereocenters. The first-order chi connectivity index (χ1) is 8.29. The van der Waals surface area contributed by atoms with Crippen molar-refractivity contribution in [2.75, 3.05) is 11.4 Å². The van der Waals surface area contributed by atoms with E-state index in [4.69, 9.17) is 0 Å². The fourth-order valence-electron chi connectivity index (χ4n) is 2.87. The van der Waals surface area contributed by atoms with Crippen molar-refractivity contribution in [3.8, 4) is 0 Å². The monoisotopic (exact) mass is 251 g/mol. The number of anilines is 1. The molecule has 100 valence electrons. The van der Waals surface area contributed by atoms with Crippen LogP contribution in [-0.2, 0) is 0 Å². The number of hydrogen-bond donors (Lipinski definition) is 1. The van der Waals surface area contributed by atoms with Crippen LogP contribution in [0.25, 0.3) is 0 Å². The number of rotatable bonds is 3. The molecule has 2 nitrogen and oxygen atoms in total. The summed E-state index contributed by atoms with van der Waals surface area (Å²) in [6.45, 7) is 8.58. The van der Waals surface area contributed by atoms with Crippen LogP contribution in [0.15, 0.2) is 18.2 Å². The van der Waals surface area contributed by atoms with Crippen LogP contribution in [0.2, 0.25) is 0 Å². The maximum Gasteiger partial charge on any atom is 0.128 e. The first-order valence-corrected chi connectivity index (χ1v) is 6.57. The highest BCUT2D eigenvalue weighted by atomic mass is 19.1. The number of hydrogen-bond acceptors (Lipinski definition) is 2. The predicted molar refractivity (Wildman–Crippen MR) is 72.5 cm³/mol. The third-order valence-electron chi connectivity index (χ3n) is 3.53. The molecule has 0 radical (unpaired) electrons. The maximum atomic E-state index is 14.0. The summed E-state index contributed by atoms with van der Waals surface area (Å²) in [5.41, 5.74) is 0.990. The molecule has 1 aliphatic heterocycles. The van der Waals surface area contributed by atoms with Gasteiger partial charge in [-0.1, -0.05) is 6.07 Å². The first-order valence-electron chi connectivity index (χ1n) is 6.57. The minimum Gasteiger partial charge on any atom is -0.390 e. The predicted octanol–water partition coefficient (Wildman–Crippen LogP) is 3.30. The molecule has 0 amide bonds. The average molecular weight is 251 g/mol. The Morgan fingerprint density at radius 3 is 2.67 bits per heavy atom. The molecule has 0 saturated carbocycles. The fraction of sp³-hybridized carbons (Fsp3) is 0.600. The highest BCUT2D eigenvalue weighted by molar-refractivity contribution is 5.61. The van der Waals surface area contributed by atoms with Crippen molar-refractivity contribution in [1.29, 1.82) is 0 Å². The molecule has 1 atom stereocenters. The van der Waals surface area contributed by atoms with Crippen LogP contribution < -0.4 is 4.90 Å². The standard InChI is InChI=1S/C15H22FNO/c1-10(2)17-9-11(8-15(3,4)18)14-12(16)6-5-7-13(14)17/h5-7,10-11,18H,8-9H2,1-4H3. The number of nitrogens with zero attached hydrogens (tertiary/aromatic N) is 1. The molecule has 3 heteroatoms. The molecule has 1 heterocycles. The number of fused-ring (bicyclic) bond motifs is 1. The van der Waals surface area contributed by atoms with E-state index in [0.29, 0.717) is 12.5 Å². The van der Waals surface area contributed by atoms with Gasteiger partial charge in [0.2, 0.25) is 0 Å². The molecule has 0 bridgehead atoms. The van der Waals surface area contributed by atoms with Gasteiger partial charge in [-0.2, -0.15) is 0 Å². The summed E-state index contributed by atoms with van der Waals surface area (Å²) in [6.07, 6.45) is 0.587. The Labute approximate surface area is 108 Å². The van der Waals surface area contributed by atoms with Crippen LogP contribution >= 0.6 is 0 Å². The summed E-state index contributed by atoms with van der Waals surface area (Å²) in [5, 5.41) is 9.98. The van der Waals surface area contributed by atoms with Crippen LogP contribution in [0, 0.1) is 5.82 Å². The lowest BCUT2D eigenvalue weighted by Crippen LogP contribution is -2.31. The third-order valence-corrected chi connectivity index (χ3v) is 3.53. The fourth-order valence-corrected chi connectivity index (χ4v) is 2.87. The van der Waals surface area contributed by atoms with E-state index < -0.39 is 5.60 Å². The van der Waals surface area contributed by atoms with Crippen LogP contribution in [0.4, 0.5) is 10.1 Å². The number of benzene rings is 1. The number of halogens is 1. The Kier molecular flexibility index (Phi) is 3.37. The van der Waals surface area contributed by atoms with E-state index in [1.165, 1.54) is 6.07 Å². The maximum absolute atomic E-state index is 14.0. The molecular weight excluding hydrogens is 229 g/mol. The molecule has 1 aromatic carbocycles. The number of aliphatic hydroxyl groups is 1. The van der Waals surface area contributed by atoms with Crippen LogP contribution in [0.3, 0.4) is 0 Å². The minimum absolute atomic E-state index is 0.0728. The van der Waals surface area contributed by atoms with Gasteiger partial charge in [0.15, 0.2) is 0 Å². The zero-order chi connectivity index (χ0) is 13.5. The minimum atomic E-state index is -0.767. The van der Waals surface area contributed by atoms with Crippen molar-refractivity contribution in [2.24, 2.45) is 0 Å². The summed E-state index contributed by atoms with van der Waals surface area (Å²) in [5.74, 6) is -0.0755. The molecule has 0 spiro atoms. The molecular formula is C15H22FNO. The van der Waals surface area contributed by atoms with Gasteiger partial charge in [-0.25, -0.2) is 4.39 Å². The second kappa shape index (κ2) is 4.54. The van der Waals surface area contributed by atoms with Gasteiger partial charge >= 0.3 is 0 Å². The largest absolute Gasteiger partial charge is 0.390 e. The average Bonchev–Trinajstić information content (AvgIpc) is 2.56. The quantitative estimate of drug-likeness (QED) is 0.891. The van der Waals surface area contributed by atoms with Crippen LogP contribution in [0.5, 0.6) is 0 Å². The molecule has 0 fully saturated rings. The summed E-state index contributed by atoms with van der Waals surface area (Å²) >= 11 is 0. The van der Waals surface area contributed by atoms with Crippen LogP contribution in [0.1, 0.15) is 45.6 Å². The summed E-state index contributed by atoms with van der Waals surface area (Å²) in [4.78, 5) is 2.22. The van der Waals surface area contributed by atoms with Gasteiger partial charge in [0.25, 0.3) is 0 Å². The smallest absolute Gasteiger partial charge is 0.128 e. The van der Waals surface area contributed by atoms with Gasteiger partial charge in [0.05, 0.1) is 5.60 Å². The van der Waals surface area contributed by atoms with Crippen molar-refractivity contribution < 1.29 is 9.50 Å². The van der Waals surface area contributed by atoms with Crippen molar-refractivity contribution >= 4 is 5.69 Å². The van der Waals surface area contributed by atoms with Crippen molar-refractivity contribution in [3.63, 3.8) is 0 Å². The lowest BCUT2D eigenvalue weighted by Gasteiger charge is -2.26. The molecule has 1 N–H and O–H groups in total. The van der Waals surface area contributed by atoms with Crippen LogP contribution in [-0.4, -0.2) is 23.3 Å². The second-order valence-electron chi connectivity index (χ2n) is 6.13. The second-order valence-corrected chi connectivity index (χ2v) is 6.13. The Balaban J connectivity index is 2.38. The molecule has 1 aromatic rings. The SMILES string of the molecule is CC(C)N1CC(CC(C)(C)O)c2c(F)cccc21. The Morgan fingerprint density at radius 2 is 2.11 bits per heavy atom. The van der Waals surface area contributed by atoms with Gasteiger partial charge in [-0.05, 0) is 46.2 Å². The summed E-state index contributed by atoms with van der Waals surface area (Å²) in [7, 11) is 0. The van der Waals surface area contributed by atoms with Gasteiger partial charge in [-0.15, -0.1) is 0 Å². The third kappa shape index (κ3) is 2.51. The molecule has 2 rings (SSSR count). The molecule has 1 aliphatic rings. The highest BCUT2D eigenvalue weighted by Gasteiger charge is 2.35. The Morgan fingerprint density at radius 1 is 1.44 bits per heavy atom. The molecule has 0 aromatic heterocycles. The van der Waals surface area contributed by atoms with E-state index in [9.17, 15) is 9.50 Å². The zero-order valence-corrected chi connectivity index (χ0v) is 11.6. The molecule has 0 saturated heterocycles. The summed E-state index contributed by atoms with van der Waals surface area (Å²) < 4.78 is 14.0. The Hall–Kier alpha value is -1.09. The first kappa shape index (κ1) is 13.3. The van der Waals surface area contributed by atoms with E-state index in [-0.39, 0.29) is 11.7 Å². The summed E-state index contributed by atoms with van der Waals surface area (Å²) in [6, 6.07) is 5.59. The Bertz CT molecular complexity index is 437. The van der Waals surface area contributed by atoms with E-state index in [2.05, 4.69) is 18.7 Å².